The smallest absolute Gasteiger partial charge is 0.257 e. The lowest BCUT2D eigenvalue weighted by Gasteiger charge is -2.29. The Hall–Kier alpha value is -1.30. The third kappa shape index (κ3) is 1.85. The molecule has 1 amide bonds. The Labute approximate surface area is 70.6 Å². The zero-order valence-corrected chi connectivity index (χ0v) is 6.95. The molecule has 0 aliphatic carbocycles. The van der Waals surface area contributed by atoms with Crippen LogP contribution in [0, 0.1) is 0 Å². The third-order valence-corrected chi connectivity index (χ3v) is 1.61. The predicted octanol–water partition coefficient (Wildman–Crippen LogP) is -2.00. The van der Waals surface area contributed by atoms with E-state index in [2.05, 4.69) is 10.4 Å². The first-order chi connectivity index (χ1) is 5.61. The summed E-state index contributed by atoms with van der Waals surface area (Å²) in [5.41, 5.74) is 10.3. The minimum absolute atomic E-state index is 0.00773. The maximum Gasteiger partial charge on any atom is 0.257 e. The summed E-state index contributed by atoms with van der Waals surface area (Å²) in [5, 5.41) is 7.97. The Morgan fingerprint density at radius 2 is 2.42 bits per heavy atom. The average Bonchev–Trinajstić information content (AvgIpc) is 1.97. The molecule has 1 saturated heterocycles. The molecule has 1 fully saturated rings. The first-order valence-corrected chi connectivity index (χ1v) is 3.73. The summed E-state index contributed by atoms with van der Waals surface area (Å²) in [6.07, 6.45) is 0. The summed E-state index contributed by atoms with van der Waals surface area (Å²) in [7, 11) is 0. The summed E-state index contributed by atoms with van der Waals surface area (Å²) >= 11 is 0. The maximum atomic E-state index is 11.2. The maximum absolute atomic E-state index is 11.2. The van der Waals surface area contributed by atoms with Crippen molar-refractivity contribution in [3.05, 3.63) is 0 Å². The summed E-state index contributed by atoms with van der Waals surface area (Å²) in [4.78, 5) is 11.2. The van der Waals surface area contributed by atoms with Crippen LogP contribution in [0.5, 0.6) is 0 Å². The van der Waals surface area contributed by atoms with E-state index in [1.54, 1.807) is 0 Å². The van der Waals surface area contributed by atoms with Crippen LogP contribution in [0.2, 0.25) is 0 Å². The van der Waals surface area contributed by atoms with Crippen LogP contribution in [0.3, 0.4) is 0 Å². The normalized spacial score (nSPS) is 23.9. The molecule has 1 heterocycles. The van der Waals surface area contributed by atoms with Gasteiger partial charge in [-0.3, -0.25) is 4.79 Å². The second-order valence-electron chi connectivity index (χ2n) is 2.74. The van der Waals surface area contributed by atoms with Gasteiger partial charge in [-0.2, -0.15) is 0 Å². The molecule has 0 unspecified atom stereocenters. The summed E-state index contributed by atoms with van der Waals surface area (Å²) in [5.74, 6) is -0.195. The fourth-order valence-corrected chi connectivity index (χ4v) is 1.08. The molecule has 6 nitrogen and oxygen atoms in total. The van der Waals surface area contributed by atoms with E-state index < -0.39 is 0 Å². The van der Waals surface area contributed by atoms with E-state index in [4.69, 9.17) is 11.5 Å². The first-order valence-electron chi connectivity index (χ1n) is 3.73. The van der Waals surface area contributed by atoms with Crippen LogP contribution < -0.4 is 16.8 Å². The number of amides is 1. The molecular formula is C6H13N5O. The topological polar surface area (TPSA) is 96.7 Å². The summed E-state index contributed by atoms with van der Waals surface area (Å²) in [6, 6.07) is 0.00773. The molecular weight excluding hydrogens is 158 g/mol. The number of hydrogen-bond acceptors (Lipinski definition) is 3. The van der Waals surface area contributed by atoms with Crippen molar-refractivity contribution in [3.63, 3.8) is 0 Å². The number of carbonyl (C=O) groups is 1. The van der Waals surface area contributed by atoms with Crippen molar-refractivity contribution >= 4 is 11.9 Å². The van der Waals surface area contributed by atoms with E-state index in [0.717, 1.165) is 0 Å². The van der Waals surface area contributed by atoms with Gasteiger partial charge in [-0.1, -0.05) is 0 Å². The fraction of sp³-hybridized carbons (Fsp3) is 0.667. The van der Waals surface area contributed by atoms with Gasteiger partial charge in [0.15, 0.2) is 0 Å². The monoisotopic (exact) mass is 171 g/mol. The molecule has 6 heteroatoms. The molecule has 1 aliphatic heterocycles. The third-order valence-electron chi connectivity index (χ3n) is 1.61. The number of nitrogens with one attached hydrogen (secondary N) is 1. The van der Waals surface area contributed by atoms with Gasteiger partial charge in [0.05, 0.1) is 12.6 Å². The molecule has 12 heavy (non-hydrogen) atoms. The van der Waals surface area contributed by atoms with Crippen LogP contribution in [-0.4, -0.2) is 36.0 Å². The van der Waals surface area contributed by atoms with Crippen LogP contribution >= 0.6 is 0 Å². The first kappa shape index (κ1) is 8.79. The summed E-state index contributed by atoms with van der Waals surface area (Å²) < 4.78 is 0. The van der Waals surface area contributed by atoms with Crippen molar-refractivity contribution < 1.29 is 4.79 Å². The average molecular weight is 171 g/mol. The molecule has 0 saturated carbocycles. The van der Waals surface area contributed by atoms with E-state index >= 15 is 0 Å². The lowest BCUT2D eigenvalue weighted by Crippen LogP contribution is -2.52. The van der Waals surface area contributed by atoms with E-state index in [0.29, 0.717) is 13.1 Å². The van der Waals surface area contributed by atoms with E-state index in [1.807, 2.05) is 6.92 Å². The Morgan fingerprint density at radius 3 is 2.92 bits per heavy atom. The molecule has 0 aromatic carbocycles. The number of guanidine groups is 1. The minimum atomic E-state index is -0.109. The predicted molar refractivity (Wildman–Crippen MR) is 45.0 cm³/mol. The second-order valence-corrected chi connectivity index (χ2v) is 2.74. The Kier molecular flexibility index (Phi) is 2.49. The zero-order valence-electron chi connectivity index (χ0n) is 6.95. The number of nitrogens with zero attached hydrogens (tertiary/aromatic N) is 2. The van der Waals surface area contributed by atoms with Gasteiger partial charge in [0, 0.05) is 6.54 Å². The molecule has 0 radical (unpaired) electrons. The molecule has 68 valence electrons. The minimum Gasteiger partial charge on any atom is -0.369 e. The molecule has 0 bridgehead atoms. The van der Waals surface area contributed by atoms with E-state index in [1.165, 1.54) is 5.01 Å². The second kappa shape index (κ2) is 3.40. The van der Waals surface area contributed by atoms with Gasteiger partial charge in [0.2, 0.25) is 5.96 Å². The largest absolute Gasteiger partial charge is 0.369 e. The molecule has 5 N–H and O–H groups in total. The number of nitrogens with two attached hydrogens (primary N) is 2. The highest BCUT2D eigenvalue weighted by atomic mass is 16.2. The van der Waals surface area contributed by atoms with Crippen molar-refractivity contribution in [3.8, 4) is 0 Å². The zero-order chi connectivity index (χ0) is 9.14. The molecule has 0 spiro atoms. The Bertz CT molecular complexity index is 210. The molecule has 1 rings (SSSR count). The lowest BCUT2D eigenvalue weighted by molar-refractivity contribution is -0.134. The van der Waals surface area contributed by atoms with Gasteiger partial charge in [0.25, 0.3) is 5.91 Å². The van der Waals surface area contributed by atoms with Crippen LogP contribution in [-0.2, 0) is 4.79 Å². The number of hydrogen-bond donors (Lipinski definition) is 3. The summed E-state index contributed by atoms with van der Waals surface area (Å²) in [6.45, 7) is 2.88. The van der Waals surface area contributed by atoms with Crippen molar-refractivity contribution in [2.75, 3.05) is 13.1 Å². The quantitative estimate of drug-likeness (QED) is 0.314. The van der Waals surface area contributed by atoms with Crippen molar-refractivity contribution in [2.45, 2.75) is 13.0 Å². The van der Waals surface area contributed by atoms with Gasteiger partial charge in [-0.25, -0.2) is 5.01 Å². The standard InChI is InChI=1S/C6H13N5O/c1-4-2-9-3-5(12)11(4)10-6(7)8/h4,9H,2-3H2,1H3,(H4,7,8,10)/t4-/m0/s1. The highest BCUT2D eigenvalue weighted by Gasteiger charge is 2.23. The van der Waals surface area contributed by atoms with E-state index in [-0.39, 0.29) is 17.9 Å². The molecule has 1 atom stereocenters. The highest BCUT2D eigenvalue weighted by molar-refractivity contribution is 5.82. The SMILES string of the molecule is C[C@H]1CNCC(=O)N1N=C(N)N. The lowest BCUT2D eigenvalue weighted by atomic mass is 10.2. The fourth-order valence-electron chi connectivity index (χ4n) is 1.08. The van der Waals surface area contributed by atoms with Gasteiger partial charge in [0.1, 0.15) is 0 Å². The van der Waals surface area contributed by atoms with Crippen LogP contribution in [0.15, 0.2) is 5.10 Å². The van der Waals surface area contributed by atoms with E-state index in [9.17, 15) is 4.79 Å². The molecule has 1 aliphatic rings. The van der Waals surface area contributed by atoms with Crippen molar-refractivity contribution in [1.82, 2.24) is 10.3 Å². The molecule has 0 aromatic rings. The van der Waals surface area contributed by atoms with Gasteiger partial charge in [-0.15, -0.1) is 5.10 Å². The Morgan fingerprint density at radius 1 is 1.75 bits per heavy atom. The van der Waals surface area contributed by atoms with Crippen LogP contribution in [0.25, 0.3) is 0 Å². The van der Waals surface area contributed by atoms with Gasteiger partial charge in [-0.05, 0) is 6.92 Å². The number of piperazine rings is 1. The number of hydrazone groups is 1. The van der Waals surface area contributed by atoms with Crippen molar-refractivity contribution in [2.24, 2.45) is 16.6 Å². The Balaban J connectivity index is 2.70. The number of rotatable bonds is 1. The van der Waals surface area contributed by atoms with Crippen LogP contribution in [0.1, 0.15) is 6.92 Å². The number of carbonyl (C=O) groups excluding carboxylic acids is 1. The molecule has 0 aromatic heterocycles. The highest BCUT2D eigenvalue weighted by Crippen LogP contribution is 2.03. The van der Waals surface area contributed by atoms with Crippen LogP contribution in [0.4, 0.5) is 0 Å². The van der Waals surface area contributed by atoms with Gasteiger partial charge < -0.3 is 16.8 Å². The van der Waals surface area contributed by atoms with Gasteiger partial charge >= 0.3 is 0 Å². The van der Waals surface area contributed by atoms with Crippen molar-refractivity contribution in [1.29, 1.82) is 0 Å².